The molecule has 0 aliphatic carbocycles. The molecular weight excluding hydrogens is 421 g/mol. The van der Waals surface area contributed by atoms with Crippen molar-refractivity contribution in [2.75, 3.05) is 38.3 Å². The Morgan fingerprint density at radius 1 is 1.19 bits per heavy atom. The van der Waals surface area contributed by atoms with Crippen molar-refractivity contribution >= 4 is 11.6 Å². The number of carbonyl (C=O) groups is 1. The van der Waals surface area contributed by atoms with Gasteiger partial charge in [-0.2, -0.15) is 18.4 Å². The number of nitrogens with zero attached hydrogens (tertiary/aromatic N) is 3. The number of carbonyl (C=O) groups excluding carboxylic acids is 1. The summed E-state index contributed by atoms with van der Waals surface area (Å²) < 4.78 is 72.6. The molecule has 10 heteroatoms. The molecule has 164 valence electrons. The quantitative estimate of drug-likeness (QED) is 0.680. The van der Waals surface area contributed by atoms with Crippen LogP contribution in [0.25, 0.3) is 0 Å². The van der Waals surface area contributed by atoms with Gasteiger partial charge in [-0.25, -0.2) is 8.78 Å². The van der Waals surface area contributed by atoms with Crippen LogP contribution in [-0.4, -0.2) is 50.2 Å². The molecule has 0 bridgehead atoms. The molecule has 2 aromatic rings. The van der Waals surface area contributed by atoms with Gasteiger partial charge in [-0.15, -0.1) is 0 Å². The number of piperazine rings is 1. The standard InChI is InChI=1S/C21H18F5N3O2/c1-31-12-16-11-28(15-4-2-13(10-27)18(9-15)21(24,25)26)6-7-29(16)20(30)17-8-14(22)3-5-19(17)23/h2-5,8-9,16H,6-7,11-12H2,1H3. The van der Waals surface area contributed by atoms with Gasteiger partial charge in [0.15, 0.2) is 0 Å². The molecule has 2 aromatic carbocycles. The van der Waals surface area contributed by atoms with Gasteiger partial charge >= 0.3 is 6.18 Å². The molecule has 0 spiro atoms. The first-order chi connectivity index (χ1) is 14.7. The van der Waals surface area contributed by atoms with Gasteiger partial charge in [-0.3, -0.25) is 4.79 Å². The van der Waals surface area contributed by atoms with E-state index in [1.165, 1.54) is 24.1 Å². The number of halogens is 5. The van der Waals surface area contributed by atoms with Crippen LogP contribution < -0.4 is 4.90 Å². The first-order valence-electron chi connectivity index (χ1n) is 9.27. The van der Waals surface area contributed by atoms with Gasteiger partial charge in [0, 0.05) is 32.4 Å². The number of nitriles is 1. The summed E-state index contributed by atoms with van der Waals surface area (Å²) >= 11 is 0. The van der Waals surface area contributed by atoms with Crippen LogP contribution in [0.1, 0.15) is 21.5 Å². The van der Waals surface area contributed by atoms with Crippen LogP contribution in [0, 0.1) is 23.0 Å². The normalized spacial score (nSPS) is 16.9. The summed E-state index contributed by atoms with van der Waals surface area (Å²) in [5, 5.41) is 8.96. The Balaban J connectivity index is 1.87. The number of methoxy groups -OCH3 is 1. The second-order valence-electron chi connectivity index (χ2n) is 7.02. The maximum Gasteiger partial charge on any atom is 0.417 e. The number of amides is 1. The summed E-state index contributed by atoms with van der Waals surface area (Å²) in [5.41, 5.74) is -1.72. The average Bonchev–Trinajstić information content (AvgIpc) is 2.74. The SMILES string of the molecule is COCC1CN(c2ccc(C#N)c(C(F)(F)F)c2)CCN1C(=O)c1cc(F)ccc1F. The van der Waals surface area contributed by atoms with E-state index in [9.17, 15) is 26.7 Å². The van der Waals surface area contributed by atoms with Gasteiger partial charge in [-0.1, -0.05) is 0 Å². The van der Waals surface area contributed by atoms with Crippen LogP contribution in [0.5, 0.6) is 0 Å². The van der Waals surface area contributed by atoms with Crippen LogP contribution >= 0.6 is 0 Å². The predicted octanol–water partition coefficient (Wildman–Crippen LogP) is 3.83. The van der Waals surface area contributed by atoms with Gasteiger partial charge in [0.1, 0.15) is 11.6 Å². The van der Waals surface area contributed by atoms with E-state index in [1.54, 1.807) is 4.90 Å². The molecule has 1 aliphatic heterocycles. The highest BCUT2D eigenvalue weighted by Gasteiger charge is 2.36. The molecule has 1 fully saturated rings. The van der Waals surface area contributed by atoms with E-state index in [0.29, 0.717) is 0 Å². The maximum atomic E-state index is 14.1. The summed E-state index contributed by atoms with van der Waals surface area (Å²) in [6, 6.07) is 6.89. The highest BCUT2D eigenvalue weighted by molar-refractivity contribution is 5.95. The monoisotopic (exact) mass is 439 g/mol. The Morgan fingerprint density at radius 3 is 2.58 bits per heavy atom. The largest absolute Gasteiger partial charge is 0.417 e. The van der Waals surface area contributed by atoms with Crippen molar-refractivity contribution in [1.82, 2.24) is 4.90 Å². The summed E-state index contributed by atoms with van der Waals surface area (Å²) in [6.07, 6.45) is -4.69. The van der Waals surface area contributed by atoms with Crippen LogP contribution in [0.2, 0.25) is 0 Å². The third-order valence-corrected chi connectivity index (χ3v) is 5.06. The van der Waals surface area contributed by atoms with E-state index < -0.39 is 46.5 Å². The zero-order valence-corrected chi connectivity index (χ0v) is 16.4. The van der Waals surface area contributed by atoms with E-state index in [4.69, 9.17) is 10.00 Å². The van der Waals surface area contributed by atoms with Gasteiger partial charge in [0.05, 0.1) is 35.4 Å². The van der Waals surface area contributed by atoms with E-state index in [-0.39, 0.29) is 31.9 Å². The summed E-state index contributed by atoms with van der Waals surface area (Å²) in [4.78, 5) is 15.8. The van der Waals surface area contributed by atoms with Crippen molar-refractivity contribution in [3.63, 3.8) is 0 Å². The van der Waals surface area contributed by atoms with Crippen molar-refractivity contribution < 1.29 is 31.5 Å². The molecular formula is C21H18F5N3O2. The van der Waals surface area contributed by atoms with Gasteiger partial charge in [-0.05, 0) is 36.4 Å². The highest BCUT2D eigenvalue weighted by atomic mass is 19.4. The number of hydrogen-bond acceptors (Lipinski definition) is 4. The molecule has 1 amide bonds. The molecule has 1 aliphatic rings. The lowest BCUT2D eigenvalue weighted by atomic mass is 10.0. The molecule has 0 N–H and O–H groups in total. The fourth-order valence-corrected chi connectivity index (χ4v) is 3.57. The molecule has 3 rings (SSSR count). The van der Waals surface area contributed by atoms with Crippen LogP contribution in [0.15, 0.2) is 36.4 Å². The lowest BCUT2D eigenvalue weighted by molar-refractivity contribution is -0.137. The van der Waals surface area contributed by atoms with Crippen molar-refractivity contribution in [3.8, 4) is 6.07 Å². The Morgan fingerprint density at radius 2 is 1.94 bits per heavy atom. The zero-order valence-electron chi connectivity index (χ0n) is 16.4. The third kappa shape index (κ3) is 4.77. The van der Waals surface area contributed by atoms with E-state index in [0.717, 1.165) is 30.3 Å². The second-order valence-corrected chi connectivity index (χ2v) is 7.02. The molecule has 1 heterocycles. The Bertz CT molecular complexity index is 1020. The molecule has 1 unspecified atom stereocenters. The molecule has 1 atom stereocenters. The molecule has 0 aromatic heterocycles. The highest BCUT2D eigenvalue weighted by Crippen LogP contribution is 2.35. The number of ether oxygens (including phenoxy) is 1. The van der Waals surface area contributed by atoms with E-state index >= 15 is 0 Å². The lowest BCUT2D eigenvalue weighted by Gasteiger charge is -2.42. The van der Waals surface area contributed by atoms with E-state index in [2.05, 4.69) is 0 Å². The van der Waals surface area contributed by atoms with Gasteiger partial charge in [0.2, 0.25) is 0 Å². The summed E-state index contributed by atoms with van der Waals surface area (Å²) in [5.74, 6) is -2.36. The fourth-order valence-electron chi connectivity index (χ4n) is 3.57. The first-order valence-corrected chi connectivity index (χ1v) is 9.27. The van der Waals surface area contributed by atoms with Crippen LogP contribution in [0.4, 0.5) is 27.6 Å². The number of anilines is 1. The minimum Gasteiger partial charge on any atom is -0.382 e. The Kier molecular flexibility index (Phi) is 6.45. The third-order valence-electron chi connectivity index (χ3n) is 5.06. The van der Waals surface area contributed by atoms with Crippen molar-refractivity contribution in [2.24, 2.45) is 0 Å². The number of benzene rings is 2. The minimum atomic E-state index is -4.69. The fraction of sp³-hybridized carbons (Fsp3) is 0.333. The minimum absolute atomic E-state index is 0.0432. The zero-order chi connectivity index (χ0) is 22.8. The first kappa shape index (κ1) is 22.5. The molecule has 0 saturated carbocycles. The molecule has 5 nitrogen and oxygen atoms in total. The molecule has 0 radical (unpaired) electrons. The van der Waals surface area contributed by atoms with E-state index in [1.807, 2.05) is 0 Å². The smallest absolute Gasteiger partial charge is 0.382 e. The summed E-state index contributed by atoms with van der Waals surface area (Å²) in [6.45, 7) is 0.373. The summed E-state index contributed by atoms with van der Waals surface area (Å²) in [7, 11) is 1.40. The second kappa shape index (κ2) is 8.89. The predicted molar refractivity (Wildman–Crippen MR) is 101 cm³/mol. The van der Waals surface area contributed by atoms with Gasteiger partial charge in [0.25, 0.3) is 5.91 Å². The van der Waals surface area contributed by atoms with Crippen molar-refractivity contribution in [1.29, 1.82) is 5.26 Å². The number of alkyl halides is 3. The number of hydrogen-bond donors (Lipinski definition) is 0. The Labute approximate surface area is 175 Å². The topological polar surface area (TPSA) is 56.6 Å². The molecule has 1 saturated heterocycles. The van der Waals surface area contributed by atoms with Crippen molar-refractivity contribution in [2.45, 2.75) is 12.2 Å². The van der Waals surface area contributed by atoms with Crippen molar-refractivity contribution in [3.05, 3.63) is 64.7 Å². The molecule has 31 heavy (non-hydrogen) atoms. The maximum absolute atomic E-state index is 14.1. The van der Waals surface area contributed by atoms with Gasteiger partial charge < -0.3 is 14.5 Å². The Hall–Kier alpha value is -3.19. The average molecular weight is 439 g/mol. The van der Waals surface area contributed by atoms with Crippen LogP contribution in [0.3, 0.4) is 0 Å². The lowest BCUT2D eigenvalue weighted by Crippen LogP contribution is -2.57. The van der Waals surface area contributed by atoms with Crippen LogP contribution in [-0.2, 0) is 10.9 Å². The number of rotatable bonds is 4.